The molecular weight excluding hydrogens is 260 g/mol. The van der Waals surface area contributed by atoms with E-state index < -0.39 is 5.92 Å². The van der Waals surface area contributed by atoms with Crippen LogP contribution < -0.4 is 0 Å². The minimum atomic E-state index is -0.835. The first kappa shape index (κ1) is 14.5. The molecule has 19 heavy (non-hydrogen) atoms. The fourth-order valence-corrected chi connectivity index (χ4v) is 2.06. The normalized spacial score (nSPS) is 16.2. The number of hydrogen-bond donors (Lipinski definition) is 0. The molecule has 0 aromatic rings. The number of rotatable bonds is 2. The summed E-state index contributed by atoms with van der Waals surface area (Å²) in [5.74, 6) is -0.835. The molecule has 0 aliphatic heterocycles. The highest BCUT2D eigenvalue weighted by Gasteiger charge is 2.16. The monoisotopic (exact) mass is 268 g/mol. The third-order valence-electron chi connectivity index (χ3n) is 2.66. The first-order valence-electron chi connectivity index (χ1n) is 5.57. The van der Waals surface area contributed by atoms with Crippen LogP contribution in [0.3, 0.4) is 0 Å². The minimum Gasteiger partial charge on any atom is -0.197 e. The summed E-state index contributed by atoms with van der Waals surface area (Å²) in [7, 11) is 0. The van der Waals surface area contributed by atoms with Gasteiger partial charge >= 0.3 is 0 Å². The summed E-state index contributed by atoms with van der Waals surface area (Å²) >= 11 is 6.19. The van der Waals surface area contributed by atoms with Crippen molar-refractivity contribution in [1.82, 2.24) is 0 Å². The molecule has 1 aliphatic rings. The quantitative estimate of drug-likeness (QED) is 0.718. The number of nitriles is 4. The Kier molecular flexibility index (Phi) is 5.37. The number of hydrogen-bond acceptors (Lipinski definition) is 4. The van der Waals surface area contributed by atoms with Gasteiger partial charge in [0.2, 0.25) is 0 Å². The van der Waals surface area contributed by atoms with Crippen LogP contribution in [0.2, 0.25) is 0 Å². The van der Waals surface area contributed by atoms with Crippen molar-refractivity contribution in [3.05, 3.63) is 33.9 Å². The van der Waals surface area contributed by atoms with Crippen LogP contribution in [0.25, 0.3) is 0 Å². The molecule has 0 radical (unpaired) electrons. The Morgan fingerprint density at radius 3 is 2.26 bits per heavy atom. The van der Waals surface area contributed by atoms with E-state index in [1.807, 2.05) is 12.1 Å². The molecule has 0 bridgehead atoms. The Labute approximate surface area is 116 Å². The summed E-state index contributed by atoms with van der Waals surface area (Å²) in [4.78, 5) is 0. The summed E-state index contributed by atoms with van der Waals surface area (Å²) in [6.45, 7) is 0. The number of nitrogens with zero attached hydrogens (tertiary/aromatic N) is 4. The van der Waals surface area contributed by atoms with Gasteiger partial charge in [0.25, 0.3) is 0 Å². The van der Waals surface area contributed by atoms with E-state index in [1.54, 1.807) is 12.1 Å². The van der Waals surface area contributed by atoms with Crippen molar-refractivity contribution in [3.8, 4) is 24.3 Å². The predicted molar refractivity (Wildman–Crippen MR) is 68.8 cm³/mol. The van der Waals surface area contributed by atoms with Crippen molar-refractivity contribution in [2.75, 3.05) is 0 Å². The van der Waals surface area contributed by atoms with E-state index in [9.17, 15) is 0 Å². The Bertz CT molecular complexity index is 596. The largest absolute Gasteiger partial charge is 0.197 e. The van der Waals surface area contributed by atoms with Gasteiger partial charge in [0.15, 0.2) is 5.92 Å². The van der Waals surface area contributed by atoms with Gasteiger partial charge in [-0.15, -0.1) is 0 Å². The van der Waals surface area contributed by atoms with Crippen LogP contribution in [-0.2, 0) is 0 Å². The van der Waals surface area contributed by atoms with Gasteiger partial charge in [0, 0.05) is 5.03 Å². The Hall–Kier alpha value is -2.53. The van der Waals surface area contributed by atoms with Crippen molar-refractivity contribution in [2.24, 2.45) is 5.92 Å². The highest BCUT2D eigenvalue weighted by molar-refractivity contribution is 6.32. The summed E-state index contributed by atoms with van der Waals surface area (Å²) < 4.78 is 0. The minimum absolute atomic E-state index is 0.00786. The maximum atomic E-state index is 8.76. The lowest BCUT2D eigenvalue weighted by atomic mass is 9.92. The Morgan fingerprint density at radius 1 is 1.11 bits per heavy atom. The van der Waals surface area contributed by atoms with Crippen LogP contribution in [0, 0.1) is 51.2 Å². The zero-order valence-corrected chi connectivity index (χ0v) is 10.8. The second-order valence-corrected chi connectivity index (χ2v) is 4.28. The van der Waals surface area contributed by atoms with Gasteiger partial charge in [-0.2, -0.15) is 21.0 Å². The first-order valence-corrected chi connectivity index (χ1v) is 5.95. The Morgan fingerprint density at radius 2 is 1.74 bits per heavy atom. The molecule has 0 fully saturated rings. The van der Waals surface area contributed by atoms with E-state index in [0.29, 0.717) is 23.4 Å². The maximum Gasteiger partial charge on any atom is 0.152 e. The Balaban J connectivity index is 3.19. The first-order chi connectivity index (χ1) is 9.15. The van der Waals surface area contributed by atoms with Gasteiger partial charge in [0.1, 0.15) is 17.7 Å². The molecule has 0 heterocycles. The van der Waals surface area contributed by atoms with Crippen LogP contribution in [0.1, 0.15) is 19.3 Å². The summed E-state index contributed by atoms with van der Waals surface area (Å²) in [5, 5.41) is 35.4. The molecule has 0 aromatic heterocycles. The second kappa shape index (κ2) is 7.03. The van der Waals surface area contributed by atoms with Crippen LogP contribution in [-0.4, -0.2) is 0 Å². The second-order valence-electron chi connectivity index (χ2n) is 3.90. The lowest BCUT2D eigenvalue weighted by Crippen LogP contribution is -2.01. The SMILES string of the molecule is N#CC(C#N)=CC1=C(Cl)/C(=C/C(C#N)C#N)CCC1. The smallest absolute Gasteiger partial charge is 0.152 e. The molecule has 0 N–H and O–H groups in total. The summed E-state index contributed by atoms with van der Waals surface area (Å²) in [6.07, 6.45) is 5.16. The van der Waals surface area contributed by atoms with Crippen LogP contribution in [0.5, 0.6) is 0 Å². The molecule has 0 unspecified atom stereocenters. The molecule has 0 saturated carbocycles. The molecular formula is C14H9ClN4. The summed E-state index contributed by atoms with van der Waals surface area (Å²) in [5.41, 5.74) is 1.42. The van der Waals surface area contributed by atoms with E-state index in [4.69, 9.17) is 32.6 Å². The average Bonchev–Trinajstić information content (AvgIpc) is 2.45. The zero-order valence-electron chi connectivity index (χ0n) is 10.0. The highest BCUT2D eigenvalue weighted by atomic mass is 35.5. The molecule has 0 spiro atoms. The van der Waals surface area contributed by atoms with Crippen molar-refractivity contribution in [2.45, 2.75) is 19.3 Å². The van der Waals surface area contributed by atoms with Crippen molar-refractivity contribution >= 4 is 11.6 Å². The zero-order chi connectivity index (χ0) is 14.3. The molecule has 0 saturated heterocycles. The molecule has 5 heteroatoms. The lowest BCUT2D eigenvalue weighted by molar-refractivity contribution is 0.785. The average molecular weight is 269 g/mol. The van der Waals surface area contributed by atoms with Gasteiger partial charge in [-0.25, -0.2) is 0 Å². The van der Waals surface area contributed by atoms with Gasteiger partial charge in [-0.1, -0.05) is 11.6 Å². The fraction of sp³-hybridized carbons (Fsp3) is 0.286. The molecule has 92 valence electrons. The maximum absolute atomic E-state index is 8.76. The topological polar surface area (TPSA) is 95.2 Å². The third-order valence-corrected chi connectivity index (χ3v) is 3.15. The third kappa shape index (κ3) is 3.72. The molecule has 1 rings (SSSR count). The van der Waals surface area contributed by atoms with E-state index in [-0.39, 0.29) is 5.57 Å². The highest BCUT2D eigenvalue weighted by Crippen LogP contribution is 2.34. The van der Waals surface area contributed by atoms with Crippen molar-refractivity contribution < 1.29 is 0 Å². The molecule has 0 aromatic carbocycles. The molecule has 4 nitrogen and oxygen atoms in total. The predicted octanol–water partition coefficient (Wildman–Crippen LogP) is 3.23. The van der Waals surface area contributed by atoms with Crippen molar-refractivity contribution in [3.63, 3.8) is 0 Å². The van der Waals surface area contributed by atoms with E-state index >= 15 is 0 Å². The molecule has 0 atom stereocenters. The van der Waals surface area contributed by atoms with Crippen LogP contribution in [0.15, 0.2) is 33.9 Å². The lowest BCUT2D eigenvalue weighted by Gasteiger charge is -2.17. The van der Waals surface area contributed by atoms with E-state index in [2.05, 4.69) is 0 Å². The molecule has 1 aliphatic carbocycles. The van der Waals surface area contributed by atoms with Gasteiger partial charge < -0.3 is 0 Å². The number of allylic oxidation sites excluding steroid dienone is 6. The standard InChI is InChI=1S/C14H9ClN4/c15-14-12(4-10(6-16)7-17)2-1-3-13(14)5-11(8-18)9-19/h4-5,10H,1-3H2/b12-4+. The summed E-state index contributed by atoms with van der Waals surface area (Å²) in [6, 6.07) is 7.28. The number of halogens is 1. The fourth-order valence-electron chi connectivity index (χ4n) is 1.76. The van der Waals surface area contributed by atoms with Gasteiger partial charge in [-0.3, -0.25) is 0 Å². The van der Waals surface area contributed by atoms with Crippen LogP contribution in [0.4, 0.5) is 0 Å². The van der Waals surface area contributed by atoms with Gasteiger partial charge in [0.05, 0.1) is 12.1 Å². The van der Waals surface area contributed by atoms with Crippen LogP contribution >= 0.6 is 11.6 Å². The van der Waals surface area contributed by atoms with Gasteiger partial charge in [-0.05, 0) is 42.6 Å². The molecule has 0 amide bonds. The van der Waals surface area contributed by atoms with Crippen molar-refractivity contribution in [1.29, 1.82) is 21.0 Å². The van der Waals surface area contributed by atoms with E-state index in [1.165, 1.54) is 12.2 Å². The van der Waals surface area contributed by atoms with E-state index in [0.717, 1.165) is 12.0 Å².